The van der Waals surface area contributed by atoms with Crippen molar-refractivity contribution in [2.75, 3.05) is 26.0 Å². The molecule has 1 aromatic heterocycles. The highest BCUT2D eigenvalue weighted by molar-refractivity contribution is 7.99. The minimum absolute atomic E-state index is 0.0646. The van der Waals surface area contributed by atoms with Crippen molar-refractivity contribution in [1.29, 1.82) is 0 Å². The van der Waals surface area contributed by atoms with Gasteiger partial charge in [-0.3, -0.25) is 9.36 Å². The Morgan fingerprint density at radius 1 is 1.38 bits per heavy atom. The monoisotopic (exact) mass is 346 g/mol. The number of thioether (sulfide) groups is 1. The lowest BCUT2D eigenvalue weighted by molar-refractivity contribution is -0.127. The molecule has 0 atom stereocenters. The highest BCUT2D eigenvalue weighted by Gasteiger charge is 2.15. The topological polar surface area (TPSA) is 60.2 Å². The molecule has 0 spiro atoms. The van der Waals surface area contributed by atoms with Gasteiger partial charge in [-0.25, -0.2) is 0 Å². The third-order valence-electron chi connectivity index (χ3n) is 3.39. The first-order chi connectivity index (χ1) is 11.5. The molecule has 0 saturated carbocycles. The van der Waals surface area contributed by atoms with Gasteiger partial charge in [-0.2, -0.15) is 0 Å². The molecule has 7 heteroatoms. The second-order valence-electron chi connectivity index (χ2n) is 5.34. The SMILES string of the molecule is C=C(C)CN(CC)C(=O)CSc1nncn1-c1ccc(OC)cc1. The molecule has 0 bridgehead atoms. The molecule has 0 aliphatic carbocycles. The summed E-state index contributed by atoms with van der Waals surface area (Å²) in [6.45, 7) is 9.00. The van der Waals surface area contributed by atoms with Crippen LogP contribution in [0.15, 0.2) is 47.9 Å². The van der Waals surface area contributed by atoms with E-state index in [-0.39, 0.29) is 5.91 Å². The van der Waals surface area contributed by atoms with E-state index in [4.69, 9.17) is 4.74 Å². The number of amides is 1. The van der Waals surface area contributed by atoms with Gasteiger partial charge < -0.3 is 9.64 Å². The van der Waals surface area contributed by atoms with Crippen LogP contribution in [0.25, 0.3) is 5.69 Å². The number of carbonyl (C=O) groups is 1. The molecule has 2 aromatic rings. The molecular weight excluding hydrogens is 324 g/mol. The van der Waals surface area contributed by atoms with Gasteiger partial charge in [0.1, 0.15) is 12.1 Å². The second kappa shape index (κ2) is 8.54. The number of ether oxygens (including phenoxy) is 1. The van der Waals surface area contributed by atoms with E-state index < -0.39 is 0 Å². The number of aromatic nitrogens is 3. The minimum Gasteiger partial charge on any atom is -0.497 e. The number of rotatable bonds is 8. The Labute approximate surface area is 146 Å². The van der Waals surface area contributed by atoms with Gasteiger partial charge in [-0.15, -0.1) is 10.2 Å². The van der Waals surface area contributed by atoms with Crippen LogP contribution in [0.3, 0.4) is 0 Å². The molecule has 1 amide bonds. The van der Waals surface area contributed by atoms with Gasteiger partial charge in [0, 0.05) is 18.8 Å². The molecule has 0 saturated heterocycles. The third-order valence-corrected chi connectivity index (χ3v) is 4.31. The lowest BCUT2D eigenvalue weighted by Crippen LogP contribution is -2.33. The quantitative estimate of drug-likeness (QED) is 0.543. The molecule has 0 radical (unpaired) electrons. The van der Waals surface area contributed by atoms with Gasteiger partial charge in [0.2, 0.25) is 5.91 Å². The van der Waals surface area contributed by atoms with Crippen LogP contribution in [0.5, 0.6) is 5.75 Å². The molecule has 6 nitrogen and oxygen atoms in total. The lowest BCUT2D eigenvalue weighted by Gasteiger charge is -2.20. The van der Waals surface area contributed by atoms with Gasteiger partial charge in [0.05, 0.1) is 12.9 Å². The van der Waals surface area contributed by atoms with E-state index in [0.29, 0.717) is 24.0 Å². The fourth-order valence-corrected chi connectivity index (χ4v) is 2.99. The Kier molecular flexibility index (Phi) is 6.43. The molecule has 2 rings (SSSR count). The van der Waals surface area contributed by atoms with Crippen molar-refractivity contribution in [1.82, 2.24) is 19.7 Å². The summed E-state index contributed by atoms with van der Waals surface area (Å²) in [5, 5.41) is 8.74. The number of benzene rings is 1. The van der Waals surface area contributed by atoms with E-state index in [1.807, 2.05) is 42.7 Å². The zero-order valence-electron chi connectivity index (χ0n) is 14.2. The van der Waals surface area contributed by atoms with Gasteiger partial charge >= 0.3 is 0 Å². The number of methoxy groups -OCH3 is 1. The third kappa shape index (κ3) is 4.61. The maximum Gasteiger partial charge on any atom is 0.233 e. The summed E-state index contributed by atoms with van der Waals surface area (Å²) >= 11 is 1.37. The molecule has 24 heavy (non-hydrogen) atoms. The molecule has 0 aliphatic rings. The average Bonchev–Trinajstić information content (AvgIpc) is 3.06. The summed E-state index contributed by atoms with van der Waals surface area (Å²) in [5.74, 6) is 1.17. The van der Waals surface area contributed by atoms with Crippen molar-refractivity contribution in [3.8, 4) is 11.4 Å². The molecule has 1 aromatic carbocycles. The van der Waals surface area contributed by atoms with Crippen LogP contribution in [0.2, 0.25) is 0 Å². The highest BCUT2D eigenvalue weighted by atomic mass is 32.2. The van der Waals surface area contributed by atoms with Crippen molar-refractivity contribution in [2.45, 2.75) is 19.0 Å². The predicted octanol–water partition coefficient (Wildman–Crippen LogP) is 2.79. The summed E-state index contributed by atoms with van der Waals surface area (Å²) in [6.07, 6.45) is 1.64. The van der Waals surface area contributed by atoms with Gasteiger partial charge in [-0.05, 0) is 38.1 Å². The summed E-state index contributed by atoms with van der Waals surface area (Å²) in [4.78, 5) is 14.1. The van der Waals surface area contributed by atoms with Crippen molar-refractivity contribution < 1.29 is 9.53 Å². The average molecular weight is 346 g/mol. The first kappa shape index (κ1) is 18.1. The van der Waals surface area contributed by atoms with Gasteiger partial charge in [0.25, 0.3) is 0 Å². The molecule has 0 fully saturated rings. The Hall–Kier alpha value is -2.28. The second-order valence-corrected chi connectivity index (χ2v) is 6.28. The first-order valence-corrected chi connectivity index (χ1v) is 8.63. The standard InChI is InChI=1S/C17H22N4O2S/c1-5-20(10-13(2)3)16(22)11-24-17-19-18-12-21(17)14-6-8-15(23-4)9-7-14/h6-9,12H,2,5,10-11H2,1,3-4H3. The normalized spacial score (nSPS) is 10.5. The summed E-state index contributed by atoms with van der Waals surface area (Å²) in [5.41, 5.74) is 1.89. The van der Waals surface area contributed by atoms with Crippen LogP contribution in [0.4, 0.5) is 0 Å². The molecule has 1 heterocycles. The van der Waals surface area contributed by atoms with Crippen LogP contribution < -0.4 is 4.74 Å². The Bertz CT molecular complexity index is 697. The fraction of sp³-hybridized carbons (Fsp3) is 0.353. The Balaban J connectivity index is 2.04. The summed E-state index contributed by atoms with van der Waals surface area (Å²) in [6, 6.07) is 7.60. The molecule has 0 aliphatic heterocycles. The van der Waals surface area contributed by atoms with Crippen molar-refractivity contribution in [3.05, 3.63) is 42.7 Å². The van der Waals surface area contributed by atoms with Crippen molar-refractivity contribution in [3.63, 3.8) is 0 Å². The minimum atomic E-state index is 0.0646. The Morgan fingerprint density at radius 3 is 2.67 bits per heavy atom. The van der Waals surface area contributed by atoms with Crippen molar-refractivity contribution >= 4 is 17.7 Å². The largest absolute Gasteiger partial charge is 0.497 e. The van der Waals surface area contributed by atoms with Crippen LogP contribution in [-0.2, 0) is 4.79 Å². The number of nitrogens with zero attached hydrogens (tertiary/aromatic N) is 4. The summed E-state index contributed by atoms with van der Waals surface area (Å²) < 4.78 is 7.02. The van der Waals surface area contributed by atoms with Crippen LogP contribution in [0.1, 0.15) is 13.8 Å². The number of likely N-dealkylation sites (N-methyl/N-ethyl adjacent to an activating group) is 1. The zero-order valence-corrected chi connectivity index (χ0v) is 15.0. The van der Waals surface area contributed by atoms with E-state index >= 15 is 0 Å². The molecule has 128 valence electrons. The summed E-state index contributed by atoms with van der Waals surface area (Å²) in [7, 11) is 1.63. The smallest absolute Gasteiger partial charge is 0.233 e. The number of hydrogen-bond donors (Lipinski definition) is 0. The highest BCUT2D eigenvalue weighted by Crippen LogP contribution is 2.21. The predicted molar refractivity (Wildman–Crippen MR) is 95.7 cm³/mol. The lowest BCUT2D eigenvalue weighted by atomic mass is 10.3. The van der Waals surface area contributed by atoms with E-state index in [9.17, 15) is 4.79 Å². The first-order valence-electron chi connectivity index (χ1n) is 7.64. The van der Waals surface area contributed by atoms with Crippen LogP contribution in [0, 0.1) is 0 Å². The number of hydrogen-bond acceptors (Lipinski definition) is 5. The van der Waals surface area contributed by atoms with Gasteiger partial charge in [0.15, 0.2) is 5.16 Å². The van der Waals surface area contributed by atoms with Crippen LogP contribution >= 0.6 is 11.8 Å². The molecule has 0 N–H and O–H groups in total. The van der Waals surface area contributed by atoms with E-state index in [2.05, 4.69) is 16.8 Å². The fourth-order valence-electron chi connectivity index (χ4n) is 2.16. The zero-order chi connectivity index (χ0) is 17.5. The molecular formula is C17H22N4O2S. The maximum atomic E-state index is 12.3. The van der Waals surface area contributed by atoms with Gasteiger partial charge in [-0.1, -0.05) is 23.9 Å². The Morgan fingerprint density at radius 2 is 2.08 bits per heavy atom. The van der Waals surface area contributed by atoms with E-state index in [1.165, 1.54) is 11.8 Å². The van der Waals surface area contributed by atoms with E-state index in [0.717, 1.165) is 17.0 Å². The van der Waals surface area contributed by atoms with E-state index in [1.54, 1.807) is 18.3 Å². The maximum absolute atomic E-state index is 12.3. The van der Waals surface area contributed by atoms with Crippen molar-refractivity contribution in [2.24, 2.45) is 0 Å². The number of carbonyl (C=O) groups excluding carboxylic acids is 1. The molecule has 0 unspecified atom stereocenters. The van der Waals surface area contributed by atoms with Crippen LogP contribution in [-0.4, -0.2) is 51.5 Å².